The molecule has 2 aromatic heterocycles. The van der Waals surface area contributed by atoms with E-state index >= 15 is 0 Å². The summed E-state index contributed by atoms with van der Waals surface area (Å²) in [5.74, 6) is 1.96. The Hall–Kier alpha value is -2.27. The second-order valence-electron chi connectivity index (χ2n) is 4.10. The lowest BCUT2D eigenvalue weighted by Crippen LogP contribution is -2.03. The third kappa shape index (κ3) is 2.28. The van der Waals surface area contributed by atoms with Gasteiger partial charge in [-0.1, -0.05) is 29.8 Å². The van der Waals surface area contributed by atoms with Crippen molar-refractivity contribution in [1.29, 1.82) is 0 Å². The number of hydrogen-bond donors (Lipinski definition) is 0. The summed E-state index contributed by atoms with van der Waals surface area (Å²) in [4.78, 5) is 0. The highest BCUT2D eigenvalue weighted by atomic mass is 35.5. The average Bonchev–Trinajstić information content (AvgIpc) is 2.90. The average molecular weight is 290 g/mol. The number of pyridine rings is 1. The first-order valence-corrected chi connectivity index (χ1v) is 6.42. The van der Waals surface area contributed by atoms with E-state index in [-0.39, 0.29) is 6.61 Å². The van der Waals surface area contributed by atoms with Gasteiger partial charge in [-0.25, -0.2) is 0 Å². The highest BCUT2D eigenvalue weighted by molar-refractivity contribution is 6.29. The Bertz CT molecular complexity index is 742. The van der Waals surface area contributed by atoms with E-state index in [2.05, 4.69) is 10.2 Å². The first-order chi connectivity index (χ1) is 9.79. The van der Waals surface area contributed by atoms with Gasteiger partial charge in [-0.05, 0) is 24.3 Å². The Morgan fingerprint density at radius 2 is 1.85 bits per heavy atom. The summed E-state index contributed by atoms with van der Waals surface area (Å²) in [5.41, 5.74) is 0.691. The minimum Gasteiger partial charge on any atom is -0.493 e. The molecule has 0 aliphatic heterocycles. The second-order valence-corrected chi connectivity index (χ2v) is 4.49. The van der Waals surface area contributed by atoms with Crippen LogP contribution in [0, 0.1) is 0 Å². The first kappa shape index (κ1) is 12.7. The van der Waals surface area contributed by atoms with Gasteiger partial charge in [-0.3, -0.25) is 4.40 Å². The second kappa shape index (κ2) is 5.38. The molecule has 0 saturated heterocycles. The topological polar surface area (TPSA) is 48.7 Å². The molecule has 0 unspecified atom stereocenters. The summed E-state index contributed by atoms with van der Waals surface area (Å²) in [6, 6.07) is 12.9. The monoisotopic (exact) mass is 289 g/mol. The number of fused-ring (bicyclic) bond motifs is 1. The molecule has 6 heteroatoms. The number of nitrogens with zero attached hydrogens (tertiary/aromatic N) is 3. The van der Waals surface area contributed by atoms with Crippen molar-refractivity contribution in [3.8, 4) is 11.5 Å². The zero-order valence-electron chi connectivity index (χ0n) is 10.8. The standard InChI is InChI=1S/C14H12ClN3O2/c1-19-10-5-2-3-6-11(10)20-9-14-17-16-13-8-4-7-12(15)18(13)14/h2-8H,9H2,1H3. The highest BCUT2D eigenvalue weighted by Gasteiger charge is 2.10. The van der Waals surface area contributed by atoms with Gasteiger partial charge in [0.05, 0.1) is 7.11 Å². The van der Waals surface area contributed by atoms with Crippen molar-refractivity contribution in [2.24, 2.45) is 0 Å². The van der Waals surface area contributed by atoms with Gasteiger partial charge in [0.25, 0.3) is 0 Å². The van der Waals surface area contributed by atoms with E-state index in [0.29, 0.717) is 28.1 Å². The fraction of sp³-hybridized carbons (Fsp3) is 0.143. The summed E-state index contributed by atoms with van der Waals surface area (Å²) >= 11 is 6.15. The predicted octanol–water partition coefficient (Wildman–Crippen LogP) is 2.97. The fourth-order valence-electron chi connectivity index (χ4n) is 1.93. The molecule has 0 aliphatic rings. The fourth-order valence-corrected chi connectivity index (χ4v) is 2.19. The summed E-state index contributed by atoms with van der Waals surface area (Å²) in [7, 11) is 1.60. The Labute approximate surface area is 120 Å². The van der Waals surface area contributed by atoms with Gasteiger partial charge >= 0.3 is 0 Å². The van der Waals surface area contributed by atoms with Crippen LogP contribution in [0.3, 0.4) is 0 Å². The van der Waals surface area contributed by atoms with Crippen molar-refractivity contribution >= 4 is 17.2 Å². The zero-order valence-corrected chi connectivity index (χ0v) is 11.5. The van der Waals surface area contributed by atoms with Gasteiger partial charge < -0.3 is 9.47 Å². The SMILES string of the molecule is COc1ccccc1OCc1nnc2cccc(Cl)n12. The lowest BCUT2D eigenvalue weighted by molar-refractivity contribution is 0.275. The molecule has 0 fully saturated rings. The van der Waals surface area contributed by atoms with Gasteiger partial charge in [-0.15, -0.1) is 10.2 Å². The van der Waals surface area contributed by atoms with E-state index in [1.807, 2.05) is 36.4 Å². The lowest BCUT2D eigenvalue weighted by Gasteiger charge is -2.09. The van der Waals surface area contributed by atoms with Crippen molar-refractivity contribution in [3.63, 3.8) is 0 Å². The molecule has 0 bridgehead atoms. The molecule has 0 saturated carbocycles. The van der Waals surface area contributed by atoms with E-state index in [1.54, 1.807) is 17.6 Å². The maximum Gasteiger partial charge on any atom is 0.176 e. The number of para-hydroxylation sites is 2. The van der Waals surface area contributed by atoms with Gasteiger partial charge in [0.1, 0.15) is 11.8 Å². The van der Waals surface area contributed by atoms with Crippen molar-refractivity contribution < 1.29 is 9.47 Å². The predicted molar refractivity (Wildman–Crippen MR) is 75.3 cm³/mol. The van der Waals surface area contributed by atoms with Crippen LogP contribution in [0.25, 0.3) is 5.65 Å². The number of halogens is 1. The van der Waals surface area contributed by atoms with E-state index < -0.39 is 0 Å². The number of hydrogen-bond acceptors (Lipinski definition) is 4. The molecule has 0 aliphatic carbocycles. The summed E-state index contributed by atoms with van der Waals surface area (Å²) in [5, 5.41) is 8.69. The van der Waals surface area contributed by atoms with Crippen LogP contribution in [0.5, 0.6) is 11.5 Å². The minimum absolute atomic E-state index is 0.255. The van der Waals surface area contributed by atoms with E-state index in [9.17, 15) is 0 Å². The number of aromatic nitrogens is 3. The maximum absolute atomic E-state index is 6.15. The van der Waals surface area contributed by atoms with Crippen molar-refractivity contribution in [3.05, 3.63) is 53.4 Å². The van der Waals surface area contributed by atoms with Crippen molar-refractivity contribution in [1.82, 2.24) is 14.6 Å². The Morgan fingerprint density at radius 1 is 1.05 bits per heavy atom. The third-order valence-corrected chi connectivity index (χ3v) is 3.17. The maximum atomic E-state index is 6.15. The number of ether oxygens (including phenoxy) is 2. The van der Waals surface area contributed by atoms with Gasteiger partial charge in [-0.2, -0.15) is 0 Å². The molecule has 5 nitrogen and oxygen atoms in total. The smallest absolute Gasteiger partial charge is 0.176 e. The molecule has 20 heavy (non-hydrogen) atoms. The number of methoxy groups -OCH3 is 1. The summed E-state index contributed by atoms with van der Waals surface area (Å²) in [6.45, 7) is 0.255. The van der Waals surface area contributed by atoms with Gasteiger partial charge in [0, 0.05) is 0 Å². The van der Waals surface area contributed by atoms with Crippen LogP contribution >= 0.6 is 11.6 Å². The van der Waals surface area contributed by atoms with Crippen LogP contribution < -0.4 is 9.47 Å². The third-order valence-electron chi connectivity index (χ3n) is 2.87. The Kier molecular flexibility index (Phi) is 3.43. The lowest BCUT2D eigenvalue weighted by atomic mass is 10.3. The quantitative estimate of drug-likeness (QED) is 0.693. The van der Waals surface area contributed by atoms with Crippen LogP contribution in [0.15, 0.2) is 42.5 Å². The van der Waals surface area contributed by atoms with Crippen LogP contribution in [-0.4, -0.2) is 21.7 Å². The largest absolute Gasteiger partial charge is 0.493 e. The zero-order chi connectivity index (χ0) is 13.9. The van der Waals surface area contributed by atoms with Gasteiger partial charge in [0.15, 0.2) is 23.0 Å². The normalized spacial score (nSPS) is 10.7. The van der Waals surface area contributed by atoms with Crippen molar-refractivity contribution in [2.45, 2.75) is 6.61 Å². The molecule has 0 spiro atoms. The summed E-state index contributed by atoms with van der Waals surface area (Å²) in [6.07, 6.45) is 0. The van der Waals surface area contributed by atoms with E-state index in [0.717, 1.165) is 0 Å². The molecule has 0 radical (unpaired) electrons. The molecular formula is C14H12ClN3O2. The highest BCUT2D eigenvalue weighted by Crippen LogP contribution is 2.26. The molecular weight excluding hydrogens is 278 g/mol. The molecule has 0 atom stereocenters. The molecule has 3 aromatic rings. The van der Waals surface area contributed by atoms with Crippen molar-refractivity contribution in [2.75, 3.05) is 7.11 Å². The van der Waals surface area contributed by atoms with Crippen LogP contribution in [0.1, 0.15) is 5.82 Å². The molecule has 0 amide bonds. The van der Waals surface area contributed by atoms with Crippen LogP contribution in [-0.2, 0) is 6.61 Å². The van der Waals surface area contributed by atoms with Crippen LogP contribution in [0.4, 0.5) is 0 Å². The van der Waals surface area contributed by atoms with Crippen LogP contribution in [0.2, 0.25) is 5.15 Å². The minimum atomic E-state index is 0.255. The summed E-state index contributed by atoms with van der Waals surface area (Å²) < 4.78 is 12.7. The van der Waals surface area contributed by atoms with Gasteiger partial charge in [0.2, 0.25) is 0 Å². The molecule has 3 rings (SSSR count). The molecule has 0 N–H and O–H groups in total. The number of rotatable bonds is 4. The number of benzene rings is 1. The Balaban J connectivity index is 1.87. The molecule has 1 aromatic carbocycles. The van der Waals surface area contributed by atoms with E-state index in [4.69, 9.17) is 21.1 Å². The van der Waals surface area contributed by atoms with E-state index in [1.165, 1.54) is 0 Å². The Morgan fingerprint density at radius 3 is 2.65 bits per heavy atom. The first-order valence-electron chi connectivity index (χ1n) is 6.04. The molecule has 102 valence electrons. The molecule has 2 heterocycles.